The van der Waals surface area contributed by atoms with Gasteiger partial charge in [0.25, 0.3) is 0 Å². The maximum atomic E-state index is 10.1. The molecule has 5 nitrogen and oxygen atoms in total. The summed E-state index contributed by atoms with van der Waals surface area (Å²) in [6, 6.07) is 9.01. The van der Waals surface area contributed by atoms with E-state index >= 15 is 0 Å². The summed E-state index contributed by atoms with van der Waals surface area (Å²) in [5.74, 6) is 0.451. The highest BCUT2D eigenvalue weighted by atomic mass is 32.7. The van der Waals surface area contributed by atoms with Crippen molar-refractivity contribution in [3.63, 3.8) is 0 Å². The van der Waals surface area contributed by atoms with Gasteiger partial charge in [-0.15, -0.1) is 0 Å². The van der Waals surface area contributed by atoms with Crippen molar-refractivity contribution >= 4 is 19.4 Å². The lowest BCUT2D eigenvalue weighted by molar-refractivity contribution is 0.370. The zero-order valence-corrected chi connectivity index (χ0v) is 13.2. The highest BCUT2D eigenvalue weighted by Crippen LogP contribution is 2.54. The van der Waals surface area contributed by atoms with Gasteiger partial charge in [-0.1, -0.05) is 0 Å². The van der Waals surface area contributed by atoms with Gasteiger partial charge in [0.05, 0.1) is 0 Å². The Hall–Kier alpha value is -1.62. The molecule has 0 aromatic heterocycles. The number of hydrogen-bond acceptors (Lipinski definition) is 6. The Morgan fingerprint density at radius 2 is 1.19 bits per heavy atom. The summed E-state index contributed by atoms with van der Waals surface area (Å²) < 4.78 is 10.5. The normalized spacial score (nSPS) is 11.2. The van der Waals surface area contributed by atoms with E-state index < -0.39 is 7.15 Å². The van der Waals surface area contributed by atoms with E-state index in [0.717, 1.165) is 11.1 Å². The summed E-state index contributed by atoms with van der Waals surface area (Å²) in [5.41, 5.74) is 1.52. The van der Waals surface area contributed by atoms with E-state index in [4.69, 9.17) is 21.3 Å². The molecule has 0 amide bonds. The van der Waals surface area contributed by atoms with Crippen LogP contribution in [0.15, 0.2) is 36.4 Å². The van der Waals surface area contributed by atoms with Crippen LogP contribution in [-0.2, 0) is 12.2 Å². The minimum Gasteiger partial charge on any atom is -0.508 e. The number of phenolic OH excluding ortho intramolecular Hbond substituents is 2. The molecule has 7 heteroatoms. The maximum absolute atomic E-state index is 10.1. The van der Waals surface area contributed by atoms with Gasteiger partial charge < -0.3 is 31.5 Å². The average molecular weight is 326 g/mol. The molecule has 0 saturated heterocycles. The fourth-order valence-electron chi connectivity index (χ4n) is 1.85. The van der Waals surface area contributed by atoms with Gasteiger partial charge in [0.2, 0.25) is 0 Å². The van der Waals surface area contributed by atoms with Crippen LogP contribution in [0.5, 0.6) is 23.0 Å². The molecule has 2 aromatic rings. The fraction of sp³-hybridized carbons (Fsp3) is 0.143. The number of aryl methyl sites for hydroxylation is 2. The van der Waals surface area contributed by atoms with Gasteiger partial charge in [-0.2, -0.15) is 4.89 Å². The van der Waals surface area contributed by atoms with Gasteiger partial charge in [-0.05, 0) is 49.2 Å². The van der Waals surface area contributed by atoms with E-state index in [9.17, 15) is 15.1 Å². The Balaban J connectivity index is 2.17. The Morgan fingerprint density at radius 3 is 1.52 bits per heavy atom. The number of phenols is 2. The second kappa shape index (κ2) is 6.02. The molecule has 0 spiro atoms. The molecule has 3 N–H and O–H groups in total. The van der Waals surface area contributed by atoms with Crippen molar-refractivity contribution in [3.8, 4) is 23.0 Å². The molecule has 0 saturated carbocycles. The lowest BCUT2D eigenvalue weighted by atomic mass is 10.2. The van der Waals surface area contributed by atoms with Crippen LogP contribution in [0, 0.1) is 13.8 Å². The first-order valence-corrected chi connectivity index (χ1v) is 8.66. The second-order valence-electron chi connectivity index (χ2n) is 4.66. The predicted molar refractivity (Wildman–Crippen MR) is 83.4 cm³/mol. The van der Waals surface area contributed by atoms with Gasteiger partial charge in [0.1, 0.15) is 11.5 Å². The van der Waals surface area contributed by atoms with Crippen LogP contribution in [-0.4, -0.2) is 15.1 Å². The van der Waals surface area contributed by atoms with E-state index in [0.29, 0.717) is 0 Å². The highest BCUT2D eigenvalue weighted by Gasteiger charge is 2.27. The first-order chi connectivity index (χ1) is 9.73. The zero-order chi connectivity index (χ0) is 15.6. The molecule has 0 atom stereocenters. The first-order valence-electron chi connectivity index (χ1n) is 6.07. The van der Waals surface area contributed by atoms with Crippen LogP contribution in [0.4, 0.5) is 0 Å². The molecule has 0 unspecified atom stereocenters. The number of benzene rings is 2. The molecule has 0 aliphatic heterocycles. The molecule has 0 bridgehead atoms. The molecule has 0 aliphatic carbocycles. The van der Waals surface area contributed by atoms with E-state index in [1.165, 1.54) is 12.1 Å². The summed E-state index contributed by atoms with van der Waals surface area (Å²) >= 11 is 4.94. The fourth-order valence-corrected chi connectivity index (χ4v) is 3.14. The molecular weight excluding hydrogens is 311 g/mol. The molecule has 0 radical (unpaired) electrons. The Bertz CT molecular complexity index is 564. The third-order valence-electron chi connectivity index (χ3n) is 2.51. The Kier molecular flexibility index (Phi) is 4.52. The zero-order valence-electron chi connectivity index (χ0n) is 11.5. The lowest BCUT2D eigenvalue weighted by Crippen LogP contribution is -2.05. The topological polar surface area (TPSA) is 79.2 Å². The first kappa shape index (κ1) is 15.8. The van der Waals surface area contributed by atoms with E-state index in [2.05, 4.69) is 0 Å². The van der Waals surface area contributed by atoms with Gasteiger partial charge >= 0.3 is 7.15 Å². The van der Waals surface area contributed by atoms with Crippen LogP contribution < -0.4 is 9.05 Å². The summed E-state index contributed by atoms with van der Waals surface area (Å²) in [7, 11) is -3.60. The molecule has 2 aromatic carbocycles. The van der Waals surface area contributed by atoms with Crippen molar-refractivity contribution in [2.45, 2.75) is 13.8 Å². The highest BCUT2D eigenvalue weighted by molar-refractivity contribution is 8.35. The molecule has 112 valence electrons. The maximum Gasteiger partial charge on any atom is 0.379 e. The number of aromatic hydroxyl groups is 2. The second-order valence-corrected chi connectivity index (χ2v) is 7.35. The summed E-state index contributed by atoms with van der Waals surface area (Å²) in [5, 5.41) is 19.0. The summed E-state index contributed by atoms with van der Waals surface area (Å²) in [6.45, 7) is 3.54. The van der Waals surface area contributed by atoms with Crippen molar-refractivity contribution in [3.05, 3.63) is 47.5 Å². The van der Waals surface area contributed by atoms with Crippen molar-refractivity contribution in [2.75, 3.05) is 0 Å². The largest absolute Gasteiger partial charge is 0.508 e. The van der Waals surface area contributed by atoms with Crippen LogP contribution >= 0.6 is 7.15 Å². The monoisotopic (exact) mass is 326 g/mol. The van der Waals surface area contributed by atoms with Crippen molar-refractivity contribution < 1.29 is 24.2 Å². The third kappa shape index (κ3) is 4.70. The SMILES string of the molecule is Cc1cc(O)cc(O[P+](O)([S-])Oc2cc(C)cc(O)c2)c1. The van der Waals surface area contributed by atoms with Crippen LogP contribution in [0.2, 0.25) is 0 Å². The molecule has 0 fully saturated rings. The van der Waals surface area contributed by atoms with Gasteiger partial charge in [0, 0.05) is 12.1 Å². The minimum absolute atomic E-state index is 0.00759. The van der Waals surface area contributed by atoms with Crippen LogP contribution in [0.1, 0.15) is 11.1 Å². The number of rotatable bonds is 4. The lowest BCUT2D eigenvalue weighted by Gasteiger charge is -2.22. The van der Waals surface area contributed by atoms with Crippen molar-refractivity contribution in [2.24, 2.45) is 0 Å². The van der Waals surface area contributed by atoms with E-state index in [1.54, 1.807) is 38.1 Å². The predicted octanol–water partition coefficient (Wildman–Crippen LogP) is 3.39. The molecule has 0 heterocycles. The van der Waals surface area contributed by atoms with Gasteiger partial charge in [-0.3, -0.25) is 0 Å². The van der Waals surface area contributed by atoms with E-state index in [-0.39, 0.29) is 23.0 Å². The summed E-state index contributed by atoms with van der Waals surface area (Å²) in [6.07, 6.45) is 0. The van der Waals surface area contributed by atoms with Gasteiger partial charge in [-0.25, -0.2) is 0 Å². The standard InChI is InChI=1S/C14H15O5PS/c1-9-3-11(15)7-13(5-9)18-20(17,21)19-14-6-10(2)4-12(16)8-14/h3-8,15-16H,1-2H3,(H,17,21). The molecule has 0 aliphatic rings. The molecule has 2 rings (SSSR count). The molecule has 21 heavy (non-hydrogen) atoms. The van der Waals surface area contributed by atoms with Crippen molar-refractivity contribution in [1.29, 1.82) is 0 Å². The van der Waals surface area contributed by atoms with Gasteiger partial charge in [0.15, 0.2) is 11.5 Å². The van der Waals surface area contributed by atoms with Crippen LogP contribution in [0.25, 0.3) is 0 Å². The van der Waals surface area contributed by atoms with Crippen molar-refractivity contribution in [1.82, 2.24) is 0 Å². The smallest absolute Gasteiger partial charge is 0.379 e. The number of hydrogen-bond donors (Lipinski definition) is 3. The Morgan fingerprint density at radius 1 is 0.810 bits per heavy atom. The minimum atomic E-state index is -3.60. The quantitative estimate of drug-likeness (QED) is 0.590. The molecular formula is C14H15O5PS. The Labute approximate surface area is 128 Å². The van der Waals surface area contributed by atoms with E-state index in [1.807, 2.05) is 0 Å². The van der Waals surface area contributed by atoms with Crippen LogP contribution in [0.3, 0.4) is 0 Å². The summed E-state index contributed by atoms with van der Waals surface area (Å²) in [4.78, 5) is 10.1. The average Bonchev–Trinajstić information content (AvgIpc) is 2.23. The third-order valence-corrected chi connectivity index (χ3v) is 3.84.